The lowest BCUT2D eigenvalue weighted by Gasteiger charge is -2.26. The maximum absolute atomic E-state index is 13.4. The molecule has 1 atom stereocenters. The van der Waals surface area contributed by atoms with Crippen molar-refractivity contribution in [2.75, 3.05) is 17.4 Å². The fraction of sp³-hybridized carbons (Fsp3) is 0.458. The van der Waals surface area contributed by atoms with Gasteiger partial charge in [-0.2, -0.15) is 0 Å². The van der Waals surface area contributed by atoms with Crippen LogP contribution in [0.15, 0.2) is 53.4 Å². The van der Waals surface area contributed by atoms with Crippen molar-refractivity contribution in [1.82, 2.24) is 5.32 Å². The van der Waals surface area contributed by atoms with Gasteiger partial charge in [-0.25, -0.2) is 8.42 Å². The quantitative estimate of drug-likeness (QED) is 0.555. The minimum absolute atomic E-state index is 0.174. The number of rotatable bonds is 11. The number of carbonyl (C=O) groups is 1. The number of nitrogens with zero attached hydrogens (tertiary/aromatic N) is 1. The van der Waals surface area contributed by atoms with E-state index < -0.39 is 10.0 Å². The van der Waals surface area contributed by atoms with Gasteiger partial charge in [0, 0.05) is 6.54 Å². The molecule has 0 aliphatic rings. The van der Waals surface area contributed by atoms with Crippen molar-refractivity contribution < 1.29 is 13.2 Å². The largest absolute Gasteiger partial charge is 0.354 e. The predicted molar refractivity (Wildman–Crippen MR) is 123 cm³/mol. The van der Waals surface area contributed by atoms with E-state index >= 15 is 0 Å². The third kappa shape index (κ3) is 6.33. The van der Waals surface area contributed by atoms with Crippen molar-refractivity contribution in [3.63, 3.8) is 0 Å². The highest BCUT2D eigenvalue weighted by Crippen LogP contribution is 2.27. The Morgan fingerprint density at radius 1 is 1.07 bits per heavy atom. The average Bonchev–Trinajstić information content (AvgIpc) is 2.74. The molecule has 0 radical (unpaired) electrons. The molecule has 1 amide bonds. The number of benzene rings is 2. The number of unbranched alkanes of at least 4 members (excludes halogenated alkanes) is 1. The number of anilines is 1. The number of carbonyl (C=O) groups excluding carboxylic acids is 1. The molecule has 30 heavy (non-hydrogen) atoms. The summed E-state index contributed by atoms with van der Waals surface area (Å²) in [5, 5.41) is 2.96. The molecule has 2 aromatic carbocycles. The van der Waals surface area contributed by atoms with E-state index in [0.717, 1.165) is 36.8 Å². The van der Waals surface area contributed by atoms with Gasteiger partial charge in [0.25, 0.3) is 10.0 Å². The first-order chi connectivity index (χ1) is 14.3. The molecular formula is C24H34N2O3S. The molecule has 2 aromatic rings. The van der Waals surface area contributed by atoms with Gasteiger partial charge in [-0.05, 0) is 55.5 Å². The first-order valence-electron chi connectivity index (χ1n) is 10.7. The molecule has 1 N–H and O–H groups in total. The second-order valence-electron chi connectivity index (χ2n) is 7.84. The molecule has 0 bridgehead atoms. The minimum Gasteiger partial charge on any atom is -0.354 e. The van der Waals surface area contributed by atoms with Crippen LogP contribution in [0, 0.1) is 19.8 Å². The van der Waals surface area contributed by atoms with Crippen LogP contribution in [0.25, 0.3) is 0 Å². The SMILES string of the molecule is CCCC[C@@H](CC)CNC(=O)CN(c1cc(C)ccc1C)S(=O)(=O)c1ccccc1. The summed E-state index contributed by atoms with van der Waals surface area (Å²) in [5.74, 6) is 0.124. The van der Waals surface area contributed by atoms with Crippen molar-refractivity contribution in [1.29, 1.82) is 0 Å². The second kappa shape index (κ2) is 11.2. The van der Waals surface area contributed by atoms with E-state index in [2.05, 4.69) is 19.2 Å². The molecule has 0 saturated carbocycles. The van der Waals surface area contributed by atoms with Crippen molar-refractivity contribution in [3.05, 3.63) is 59.7 Å². The number of amides is 1. The smallest absolute Gasteiger partial charge is 0.264 e. The van der Waals surface area contributed by atoms with Crippen molar-refractivity contribution in [3.8, 4) is 0 Å². The summed E-state index contributed by atoms with van der Waals surface area (Å²) in [6, 6.07) is 13.9. The maximum Gasteiger partial charge on any atom is 0.264 e. The zero-order valence-corrected chi connectivity index (χ0v) is 19.3. The van der Waals surface area contributed by atoms with E-state index in [1.165, 1.54) is 4.31 Å². The molecule has 0 heterocycles. The fourth-order valence-corrected chi connectivity index (χ4v) is 4.89. The van der Waals surface area contributed by atoms with Gasteiger partial charge in [-0.1, -0.05) is 63.4 Å². The third-order valence-electron chi connectivity index (χ3n) is 5.38. The number of hydrogen-bond donors (Lipinski definition) is 1. The molecule has 2 rings (SSSR count). The van der Waals surface area contributed by atoms with Gasteiger partial charge in [-0.15, -0.1) is 0 Å². The van der Waals surface area contributed by atoms with E-state index in [1.807, 2.05) is 32.0 Å². The third-order valence-corrected chi connectivity index (χ3v) is 7.16. The summed E-state index contributed by atoms with van der Waals surface area (Å²) >= 11 is 0. The molecule has 0 aliphatic heterocycles. The van der Waals surface area contributed by atoms with Crippen LogP contribution in [0.3, 0.4) is 0 Å². The predicted octanol–water partition coefficient (Wildman–Crippen LogP) is 4.83. The van der Waals surface area contributed by atoms with E-state index in [-0.39, 0.29) is 17.3 Å². The molecule has 0 fully saturated rings. The Labute approximate surface area is 181 Å². The Hall–Kier alpha value is -2.34. The lowest BCUT2D eigenvalue weighted by atomic mass is 9.99. The van der Waals surface area contributed by atoms with Gasteiger partial charge < -0.3 is 5.32 Å². The highest BCUT2D eigenvalue weighted by Gasteiger charge is 2.28. The van der Waals surface area contributed by atoms with E-state index in [4.69, 9.17) is 0 Å². The van der Waals surface area contributed by atoms with E-state index in [1.54, 1.807) is 30.3 Å². The second-order valence-corrected chi connectivity index (χ2v) is 9.70. The highest BCUT2D eigenvalue weighted by molar-refractivity contribution is 7.92. The van der Waals surface area contributed by atoms with Crippen molar-refractivity contribution >= 4 is 21.6 Å². The first kappa shape index (κ1) is 23.9. The van der Waals surface area contributed by atoms with Gasteiger partial charge in [0.1, 0.15) is 6.54 Å². The van der Waals surface area contributed by atoms with Crippen LogP contribution < -0.4 is 9.62 Å². The number of aryl methyl sites for hydroxylation is 2. The summed E-state index contributed by atoms with van der Waals surface area (Å²) in [6.07, 6.45) is 4.31. The van der Waals surface area contributed by atoms with Crippen LogP contribution in [-0.4, -0.2) is 27.4 Å². The molecular weight excluding hydrogens is 396 g/mol. The summed E-state index contributed by atoms with van der Waals surface area (Å²) in [4.78, 5) is 13.0. The van der Waals surface area contributed by atoms with Crippen molar-refractivity contribution in [2.24, 2.45) is 5.92 Å². The van der Waals surface area contributed by atoms with Gasteiger partial charge in [0.05, 0.1) is 10.6 Å². The van der Waals surface area contributed by atoms with Gasteiger partial charge in [-0.3, -0.25) is 9.10 Å². The zero-order valence-electron chi connectivity index (χ0n) is 18.5. The Kier molecular flexibility index (Phi) is 8.90. The zero-order chi connectivity index (χ0) is 22.1. The molecule has 0 spiro atoms. The summed E-state index contributed by atoms with van der Waals surface area (Å²) in [5.41, 5.74) is 2.28. The summed E-state index contributed by atoms with van der Waals surface area (Å²) in [6.45, 7) is 8.37. The standard InChI is InChI=1S/C24H34N2O3S/c1-5-7-11-21(6-2)17-25-24(27)18-26(23-16-19(3)14-15-20(23)4)30(28,29)22-12-9-8-10-13-22/h8-10,12-16,21H,5-7,11,17-18H2,1-4H3,(H,25,27)/t21-/m1/s1. The average molecular weight is 431 g/mol. The Balaban J connectivity index is 2.29. The lowest BCUT2D eigenvalue weighted by Crippen LogP contribution is -2.42. The van der Waals surface area contributed by atoms with E-state index in [9.17, 15) is 13.2 Å². The molecule has 0 unspecified atom stereocenters. The van der Waals surface area contributed by atoms with Gasteiger partial charge >= 0.3 is 0 Å². The number of sulfonamides is 1. The maximum atomic E-state index is 13.4. The molecule has 0 saturated heterocycles. The van der Waals surface area contributed by atoms with Gasteiger partial charge in [0.2, 0.25) is 5.91 Å². The van der Waals surface area contributed by atoms with Crippen LogP contribution >= 0.6 is 0 Å². The van der Waals surface area contributed by atoms with Crippen molar-refractivity contribution in [2.45, 2.75) is 58.3 Å². The normalized spacial score (nSPS) is 12.4. The highest BCUT2D eigenvalue weighted by atomic mass is 32.2. The monoisotopic (exact) mass is 430 g/mol. The molecule has 164 valence electrons. The Morgan fingerprint density at radius 3 is 2.40 bits per heavy atom. The molecule has 6 heteroatoms. The van der Waals surface area contributed by atoms with Crippen LogP contribution in [0.1, 0.15) is 50.7 Å². The Bertz CT molecular complexity index is 927. The molecule has 0 aromatic heterocycles. The van der Waals surface area contributed by atoms with Crippen LogP contribution in [0.4, 0.5) is 5.69 Å². The Morgan fingerprint density at radius 2 is 1.77 bits per heavy atom. The minimum atomic E-state index is -3.87. The van der Waals surface area contributed by atoms with Gasteiger partial charge in [0.15, 0.2) is 0 Å². The van der Waals surface area contributed by atoms with Crippen LogP contribution in [0.2, 0.25) is 0 Å². The fourth-order valence-electron chi connectivity index (χ4n) is 3.40. The molecule has 0 aliphatic carbocycles. The lowest BCUT2D eigenvalue weighted by molar-refractivity contribution is -0.119. The summed E-state index contributed by atoms with van der Waals surface area (Å²) < 4.78 is 28.1. The number of hydrogen-bond acceptors (Lipinski definition) is 3. The topological polar surface area (TPSA) is 66.5 Å². The summed E-state index contributed by atoms with van der Waals surface area (Å²) in [7, 11) is -3.87. The number of nitrogens with one attached hydrogen (secondary N) is 1. The van der Waals surface area contributed by atoms with Crippen LogP contribution in [0.5, 0.6) is 0 Å². The first-order valence-corrected chi connectivity index (χ1v) is 12.1. The van der Waals surface area contributed by atoms with E-state index in [0.29, 0.717) is 18.2 Å². The molecule has 5 nitrogen and oxygen atoms in total. The van der Waals surface area contributed by atoms with Crippen LogP contribution in [-0.2, 0) is 14.8 Å².